The molecule has 1 unspecified atom stereocenters. The van der Waals surface area contributed by atoms with Crippen molar-refractivity contribution in [2.24, 2.45) is 0 Å². The van der Waals surface area contributed by atoms with Crippen LogP contribution in [-0.4, -0.2) is 48.9 Å². The van der Waals surface area contributed by atoms with Gasteiger partial charge in [-0.1, -0.05) is 0 Å². The molecule has 0 bridgehead atoms. The van der Waals surface area contributed by atoms with E-state index in [1.54, 1.807) is 11.8 Å². The molecule has 0 aliphatic carbocycles. The smallest absolute Gasteiger partial charge is 0.258 e. The largest absolute Gasteiger partial charge is 0.466 e. The van der Waals surface area contributed by atoms with Gasteiger partial charge in [0.1, 0.15) is 17.6 Å². The fourth-order valence-corrected chi connectivity index (χ4v) is 2.73. The predicted octanol–water partition coefficient (Wildman–Crippen LogP) is 0.755. The molecule has 1 saturated heterocycles. The minimum Gasteiger partial charge on any atom is -0.466 e. The molecule has 0 spiro atoms. The molecule has 6 nitrogen and oxygen atoms in total. The highest BCUT2D eigenvalue weighted by molar-refractivity contribution is 5.99. The lowest BCUT2D eigenvalue weighted by molar-refractivity contribution is -0.126. The summed E-state index contributed by atoms with van der Waals surface area (Å²) in [4.78, 5) is 26.6. The van der Waals surface area contributed by atoms with E-state index in [9.17, 15) is 9.59 Å². The van der Waals surface area contributed by atoms with Gasteiger partial charge in [-0.3, -0.25) is 9.59 Å². The molecule has 116 valence electrons. The highest BCUT2D eigenvalue weighted by Gasteiger charge is 2.34. The van der Waals surface area contributed by atoms with Crippen LogP contribution in [0.4, 0.5) is 0 Å². The standard InChI is InChI=1S/C15H23N3O3/c1-5-17-14(19)12-8-16-6-7-18(12)15(20)13-9(2)10(3)21-11(13)4/h12,16H,5-8H2,1-4H3,(H,17,19). The number of furan rings is 1. The average Bonchev–Trinajstić information content (AvgIpc) is 2.72. The summed E-state index contributed by atoms with van der Waals surface area (Å²) in [5, 5.41) is 5.96. The molecule has 1 aromatic rings. The fourth-order valence-electron chi connectivity index (χ4n) is 2.73. The molecule has 0 saturated carbocycles. The van der Waals surface area contributed by atoms with Crippen molar-refractivity contribution < 1.29 is 14.0 Å². The van der Waals surface area contributed by atoms with E-state index in [0.29, 0.717) is 37.5 Å². The van der Waals surface area contributed by atoms with Crippen molar-refractivity contribution in [2.45, 2.75) is 33.7 Å². The quantitative estimate of drug-likeness (QED) is 0.862. The number of amides is 2. The third kappa shape index (κ3) is 2.95. The second-order valence-electron chi connectivity index (χ2n) is 5.33. The second-order valence-corrected chi connectivity index (χ2v) is 5.33. The maximum atomic E-state index is 12.8. The number of hydrogen-bond acceptors (Lipinski definition) is 4. The first-order chi connectivity index (χ1) is 9.97. The van der Waals surface area contributed by atoms with Gasteiger partial charge >= 0.3 is 0 Å². The summed E-state index contributed by atoms with van der Waals surface area (Å²) in [5.74, 6) is 1.12. The van der Waals surface area contributed by atoms with Gasteiger partial charge in [0.05, 0.1) is 5.56 Å². The van der Waals surface area contributed by atoms with E-state index in [-0.39, 0.29) is 11.8 Å². The highest BCUT2D eigenvalue weighted by atomic mass is 16.3. The molecule has 0 radical (unpaired) electrons. The summed E-state index contributed by atoms with van der Waals surface area (Å²) in [7, 11) is 0. The molecule has 1 aliphatic rings. The molecule has 2 N–H and O–H groups in total. The van der Waals surface area contributed by atoms with E-state index in [0.717, 1.165) is 11.3 Å². The normalized spacial score (nSPS) is 18.7. The maximum absolute atomic E-state index is 12.8. The lowest BCUT2D eigenvalue weighted by Gasteiger charge is -2.35. The Labute approximate surface area is 124 Å². The van der Waals surface area contributed by atoms with Gasteiger partial charge in [0, 0.05) is 31.7 Å². The molecule has 2 rings (SSSR count). The Kier molecular flexibility index (Phi) is 4.67. The second kappa shape index (κ2) is 6.30. The summed E-state index contributed by atoms with van der Waals surface area (Å²) in [6.45, 7) is 9.62. The first kappa shape index (κ1) is 15.6. The summed E-state index contributed by atoms with van der Waals surface area (Å²) in [6, 6.07) is -0.472. The van der Waals surface area contributed by atoms with Crippen LogP contribution in [0, 0.1) is 20.8 Å². The van der Waals surface area contributed by atoms with Crippen LogP contribution >= 0.6 is 0 Å². The molecule has 0 aromatic carbocycles. The van der Waals surface area contributed by atoms with Gasteiger partial charge in [0.25, 0.3) is 5.91 Å². The SMILES string of the molecule is CCNC(=O)C1CNCCN1C(=O)c1c(C)oc(C)c1C. The summed E-state index contributed by atoms with van der Waals surface area (Å²) in [6.07, 6.45) is 0. The van der Waals surface area contributed by atoms with Gasteiger partial charge in [-0.15, -0.1) is 0 Å². The molecule has 1 aromatic heterocycles. The van der Waals surface area contributed by atoms with Gasteiger partial charge < -0.3 is 20.0 Å². The van der Waals surface area contributed by atoms with Crippen LogP contribution in [-0.2, 0) is 4.79 Å². The molecule has 1 aliphatic heterocycles. The molecule has 2 heterocycles. The van der Waals surface area contributed by atoms with Crippen molar-refractivity contribution in [2.75, 3.05) is 26.2 Å². The van der Waals surface area contributed by atoms with Gasteiger partial charge in [-0.25, -0.2) is 0 Å². The van der Waals surface area contributed by atoms with Crippen LogP contribution in [0.2, 0.25) is 0 Å². The number of hydrogen-bond donors (Lipinski definition) is 2. The van der Waals surface area contributed by atoms with Crippen molar-refractivity contribution >= 4 is 11.8 Å². The Bertz CT molecular complexity index is 551. The molecule has 2 amide bonds. The first-order valence-electron chi connectivity index (χ1n) is 7.33. The van der Waals surface area contributed by atoms with E-state index in [1.165, 1.54) is 0 Å². The van der Waals surface area contributed by atoms with E-state index in [4.69, 9.17) is 4.42 Å². The van der Waals surface area contributed by atoms with Crippen molar-refractivity contribution in [3.05, 3.63) is 22.6 Å². The van der Waals surface area contributed by atoms with Crippen LogP contribution in [0.15, 0.2) is 4.42 Å². The third-order valence-electron chi connectivity index (χ3n) is 3.93. The van der Waals surface area contributed by atoms with Crippen LogP contribution in [0.5, 0.6) is 0 Å². The number of carbonyl (C=O) groups excluding carboxylic acids is 2. The van der Waals surface area contributed by atoms with Gasteiger partial charge in [-0.05, 0) is 27.7 Å². The Hall–Kier alpha value is -1.82. The fraction of sp³-hybridized carbons (Fsp3) is 0.600. The van der Waals surface area contributed by atoms with E-state index < -0.39 is 6.04 Å². The van der Waals surface area contributed by atoms with E-state index in [2.05, 4.69) is 10.6 Å². The number of rotatable bonds is 3. The van der Waals surface area contributed by atoms with Gasteiger partial charge in [-0.2, -0.15) is 0 Å². The predicted molar refractivity (Wildman–Crippen MR) is 79.3 cm³/mol. The van der Waals surface area contributed by atoms with Crippen molar-refractivity contribution in [1.82, 2.24) is 15.5 Å². The Morgan fingerprint density at radius 1 is 1.33 bits per heavy atom. The molecule has 1 atom stereocenters. The molecule has 1 fully saturated rings. The Morgan fingerprint density at radius 2 is 2.05 bits per heavy atom. The zero-order valence-electron chi connectivity index (χ0n) is 13.1. The lowest BCUT2D eigenvalue weighted by atomic mass is 10.1. The monoisotopic (exact) mass is 293 g/mol. The van der Waals surface area contributed by atoms with Crippen LogP contribution in [0.3, 0.4) is 0 Å². The van der Waals surface area contributed by atoms with E-state index >= 15 is 0 Å². The summed E-state index contributed by atoms with van der Waals surface area (Å²) < 4.78 is 5.54. The number of nitrogens with zero attached hydrogens (tertiary/aromatic N) is 1. The molecular weight excluding hydrogens is 270 g/mol. The number of likely N-dealkylation sites (N-methyl/N-ethyl adjacent to an activating group) is 1. The number of carbonyl (C=O) groups is 2. The topological polar surface area (TPSA) is 74.6 Å². The number of piperazine rings is 1. The van der Waals surface area contributed by atoms with E-state index in [1.807, 2.05) is 20.8 Å². The first-order valence-corrected chi connectivity index (χ1v) is 7.33. The molecule has 6 heteroatoms. The minimum absolute atomic E-state index is 0.117. The lowest BCUT2D eigenvalue weighted by Crippen LogP contribution is -2.59. The average molecular weight is 293 g/mol. The van der Waals surface area contributed by atoms with Crippen LogP contribution < -0.4 is 10.6 Å². The zero-order chi connectivity index (χ0) is 15.6. The summed E-state index contributed by atoms with van der Waals surface area (Å²) >= 11 is 0. The van der Waals surface area contributed by atoms with Gasteiger partial charge in [0.2, 0.25) is 5.91 Å². The number of nitrogens with one attached hydrogen (secondary N) is 2. The maximum Gasteiger partial charge on any atom is 0.258 e. The Morgan fingerprint density at radius 3 is 2.62 bits per heavy atom. The minimum atomic E-state index is -0.472. The van der Waals surface area contributed by atoms with Gasteiger partial charge in [0.15, 0.2) is 0 Å². The van der Waals surface area contributed by atoms with Crippen molar-refractivity contribution in [1.29, 1.82) is 0 Å². The summed E-state index contributed by atoms with van der Waals surface area (Å²) in [5.41, 5.74) is 1.44. The third-order valence-corrected chi connectivity index (χ3v) is 3.93. The Balaban J connectivity index is 2.28. The highest BCUT2D eigenvalue weighted by Crippen LogP contribution is 2.23. The number of aryl methyl sites for hydroxylation is 2. The molecular formula is C15H23N3O3. The zero-order valence-corrected chi connectivity index (χ0v) is 13.1. The van der Waals surface area contributed by atoms with Crippen molar-refractivity contribution in [3.8, 4) is 0 Å². The van der Waals surface area contributed by atoms with Crippen LogP contribution in [0.25, 0.3) is 0 Å². The molecule has 21 heavy (non-hydrogen) atoms. The van der Waals surface area contributed by atoms with Crippen molar-refractivity contribution in [3.63, 3.8) is 0 Å². The van der Waals surface area contributed by atoms with Crippen LogP contribution in [0.1, 0.15) is 34.4 Å².